The Labute approximate surface area is 218 Å². The lowest BCUT2D eigenvalue weighted by Gasteiger charge is -2.60. The summed E-state index contributed by atoms with van der Waals surface area (Å²) >= 11 is 0.475. The van der Waals surface area contributed by atoms with Crippen molar-refractivity contribution in [3.05, 3.63) is 23.3 Å². The number of carbonyl (C=O) groups excluding carboxylic acids is 4. The zero-order valence-corrected chi connectivity index (χ0v) is 22.4. The minimum absolute atomic E-state index is 0.0521. The Hall–Kier alpha value is -1.74. The fourth-order valence-electron chi connectivity index (χ4n) is 9.21. The lowest BCUT2D eigenvalue weighted by molar-refractivity contribution is -0.174. The zero-order chi connectivity index (χ0) is 27.3. The zero-order valence-electron chi connectivity index (χ0n) is 21.5. The number of ketones is 3. The summed E-state index contributed by atoms with van der Waals surface area (Å²) in [7, 11) is 0. The molecule has 0 heterocycles. The number of allylic oxidation sites excluding steroid dienone is 4. The average Bonchev–Trinajstić information content (AvgIpc) is 3.04. The topological polar surface area (TPSA) is 88.5 Å². The van der Waals surface area contributed by atoms with E-state index < -0.39 is 85.8 Å². The molecule has 202 valence electrons. The van der Waals surface area contributed by atoms with E-state index in [9.17, 15) is 33.1 Å². The molecule has 1 N–H and O–H groups in total. The monoisotopic (exact) mass is 538 g/mol. The molecule has 0 aromatic rings. The molecule has 8 atom stereocenters. The minimum atomic E-state index is -1.82. The van der Waals surface area contributed by atoms with Crippen molar-refractivity contribution in [2.24, 2.45) is 45.3 Å². The summed E-state index contributed by atoms with van der Waals surface area (Å²) in [5.74, 6) is -7.33. The molecular formula is C28H33F3O5S. The third kappa shape index (κ3) is 3.10. The van der Waals surface area contributed by atoms with Crippen LogP contribution in [0.5, 0.6) is 0 Å². The average molecular weight is 539 g/mol. The molecule has 0 aromatic carbocycles. The lowest BCUT2D eigenvalue weighted by atomic mass is 9.43. The van der Waals surface area contributed by atoms with Crippen molar-refractivity contribution in [2.45, 2.75) is 72.3 Å². The number of hydrogen-bond acceptors (Lipinski definition) is 6. The number of hydrogen-bond donors (Lipinski definition) is 1. The second kappa shape index (κ2) is 8.38. The number of fused-ring (bicyclic) bond motifs is 5. The number of Topliss-reactive ketones (excluding diaryl/α,β-unsaturated/α-hetero) is 2. The summed E-state index contributed by atoms with van der Waals surface area (Å²) in [5, 5.41) is 11.1. The summed E-state index contributed by atoms with van der Waals surface area (Å²) in [5.41, 5.74) is -5.37. The molecule has 0 radical (unpaired) electrons. The standard InChI is InChI=1S/C28H33F3O5S/c1-13-8-15-14-9-17(32)16-10-18(33)21(30)22(31)27(16,4)20(14)19(34)11-26(15,3)28(13,24(36)37-12-29)23(35)25(2)6-5-7-25/h10,13-15,19-20,34H,5-9,11-12H2,1-4H3/t13-,14+,15+,19+,20-,26+,27+,28+/m1/s1. The lowest BCUT2D eigenvalue weighted by Crippen LogP contribution is -2.64. The SMILES string of the molecule is C[C@@H]1C[C@H]2[C@@H]3CC(=O)C4=CC(=O)C(F)=C(F)[C@]4(C)[C@H]3[C@@H](O)C[C@]2(C)[C@]1(C(=O)SCF)C(=O)C1(C)CCC1. The van der Waals surface area contributed by atoms with Crippen LogP contribution in [-0.4, -0.2) is 39.7 Å². The van der Waals surface area contributed by atoms with E-state index in [0.717, 1.165) is 12.5 Å². The number of aliphatic hydroxyl groups is 1. The van der Waals surface area contributed by atoms with Gasteiger partial charge in [0.05, 0.1) is 11.5 Å². The van der Waals surface area contributed by atoms with E-state index in [1.165, 1.54) is 6.92 Å². The number of alkyl halides is 1. The van der Waals surface area contributed by atoms with Gasteiger partial charge in [-0.2, -0.15) is 4.39 Å². The first-order chi connectivity index (χ1) is 17.2. The normalized spacial score (nSPS) is 44.4. The number of halogens is 3. The number of aliphatic hydroxyl groups excluding tert-OH is 1. The van der Waals surface area contributed by atoms with Gasteiger partial charge in [0, 0.05) is 23.3 Å². The number of carbonyl (C=O) groups is 4. The molecule has 5 nitrogen and oxygen atoms in total. The van der Waals surface area contributed by atoms with E-state index in [1.54, 1.807) is 13.8 Å². The van der Waals surface area contributed by atoms with Gasteiger partial charge in [0.1, 0.15) is 11.4 Å². The molecule has 4 fully saturated rings. The summed E-state index contributed by atoms with van der Waals surface area (Å²) < 4.78 is 43.7. The number of thioether (sulfide) groups is 1. The first-order valence-corrected chi connectivity index (χ1v) is 14.0. The fraction of sp³-hybridized carbons (Fsp3) is 0.714. The maximum Gasteiger partial charge on any atom is 0.217 e. The van der Waals surface area contributed by atoms with Crippen LogP contribution in [0.3, 0.4) is 0 Å². The molecule has 0 bridgehead atoms. The Morgan fingerprint density at radius 3 is 2.38 bits per heavy atom. The third-order valence-electron chi connectivity index (χ3n) is 11.1. The van der Waals surface area contributed by atoms with Gasteiger partial charge in [0.25, 0.3) is 0 Å². The second-order valence-corrected chi connectivity index (χ2v) is 13.5. The smallest absolute Gasteiger partial charge is 0.217 e. The molecule has 9 heteroatoms. The molecule has 0 amide bonds. The highest BCUT2D eigenvalue weighted by Crippen LogP contribution is 2.73. The van der Waals surface area contributed by atoms with Crippen molar-refractivity contribution >= 4 is 34.2 Å². The van der Waals surface area contributed by atoms with Crippen LogP contribution in [0.25, 0.3) is 0 Å². The Morgan fingerprint density at radius 1 is 1.16 bits per heavy atom. The van der Waals surface area contributed by atoms with Gasteiger partial charge < -0.3 is 5.11 Å². The van der Waals surface area contributed by atoms with Gasteiger partial charge in [0.15, 0.2) is 17.4 Å². The molecule has 0 aromatic heterocycles. The highest BCUT2D eigenvalue weighted by atomic mass is 32.2. The molecule has 0 saturated heterocycles. The Balaban J connectivity index is 1.67. The van der Waals surface area contributed by atoms with Gasteiger partial charge in [-0.1, -0.05) is 39.0 Å². The molecule has 37 heavy (non-hydrogen) atoms. The van der Waals surface area contributed by atoms with Gasteiger partial charge in [-0.15, -0.1) is 0 Å². The third-order valence-corrected chi connectivity index (χ3v) is 11.7. The maximum atomic E-state index is 15.5. The molecule has 4 saturated carbocycles. The van der Waals surface area contributed by atoms with Gasteiger partial charge in [0.2, 0.25) is 16.7 Å². The van der Waals surface area contributed by atoms with Crippen molar-refractivity contribution < 1.29 is 37.5 Å². The first kappa shape index (κ1) is 26.9. The fourth-order valence-corrected chi connectivity index (χ4v) is 10.1. The minimum Gasteiger partial charge on any atom is -0.393 e. The van der Waals surface area contributed by atoms with E-state index in [-0.39, 0.29) is 24.2 Å². The van der Waals surface area contributed by atoms with Crippen LogP contribution >= 0.6 is 11.8 Å². The van der Waals surface area contributed by atoms with Crippen LogP contribution in [0.1, 0.15) is 66.2 Å². The van der Waals surface area contributed by atoms with Crippen LogP contribution in [-0.2, 0) is 19.2 Å². The van der Waals surface area contributed by atoms with E-state index in [4.69, 9.17) is 0 Å². The van der Waals surface area contributed by atoms with Crippen LogP contribution in [0, 0.1) is 45.3 Å². The van der Waals surface area contributed by atoms with E-state index in [2.05, 4.69) is 0 Å². The number of rotatable bonds is 4. The molecule has 0 unspecified atom stereocenters. The van der Waals surface area contributed by atoms with Gasteiger partial charge in [-0.25, -0.2) is 8.78 Å². The highest BCUT2D eigenvalue weighted by molar-refractivity contribution is 8.13. The molecule has 0 aliphatic heterocycles. The van der Waals surface area contributed by atoms with Gasteiger partial charge >= 0.3 is 0 Å². The van der Waals surface area contributed by atoms with Crippen LogP contribution in [0.2, 0.25) is 0 Å². The van der Waals surface area contributed by atoms with Crippen LogP contribution < -0.4 is 0 Å². The Kier molecular flexibility index (Phi) is 6.08. The predicted molar refractivity (Wildman–Crippen MR) is 131 cm³/mol. The van der Waals surface area contributed by atoms with Gasteiger partial charge in [-0.3, -0.25) is 19.2 Å². The van der Waals surface area contributed by atoms with Gasteiger partial charge in [-0.05, 0) is 61.9 Å². The maximum absolute atomic E-state index is 15.5. The van der Waals surface area contributed by atoms with E-state index >= 15 is 4.39 Å². The van der Waals surface area contributed by atoms with Crippen molar-refractivity contribution in [2.75, 3.05) is 6.01 Å². The van der Waals surface area contributed by atoms with E-state index in [1.807, 2.05) is 6.92 Å². The van der Waals surface area contributed by atoms with Crippen LogP contribution in [0.4, 0.5) is 13.2 Å². The Bertz CT molecular complexity index is 1170. The van der Waals surface area contributed by atoms with Crippen LogP contribution in [0.15, 0.2) is 23.3 Å². The van der Waals surface area contributed by atoms with Crippen molar-refractivity contribution in [1.82, 2.24) is 0 Å². The first-order valence-electron chi connectivity index (χ1n) is 13.0. The molecule has 5 aliphatic rings. The summed E-state index contributed by atoms with van der Waals surface area (Å²) in [6, 6.07) is -0.985. The largest absolute Gasteiger partial charge is 0.393 e. The Morgan fingerprint density at radius 2 is 1.81 bits per heavy atom. The van der Waals surface area contributed by atoms with E-state index in [0.29, 0.717) is 31.0 Å². The molecule has 0 spiro atoms. The quantitative estimate of drug-likeness (QED) is 0.494. The summed E-state index contributed by atoms with van der Waals surface area (Å²) in [4.78, 5) is 53.5. The molecular weight excluding hydrogens is 505 g/mol. The molecule has 5 aliphatic carbocycles. The highest BCUT2D eigenvalue weighted by Gasteiger charge is 2.76. The summed E-state index contributed by atoms with van der Waals surface area (Å²) in [6.45, 7) is 6.78. The van der Waals surface area contributed by atoms with Crippen molar-refractivity contribution in [1.29, 1.82) is 0 Å². The second-order valence-electron chi connectivity index (χ2n) is 12.6. The predicted octanol–water partition coefficient (Wildman–Crippen LogP) is 5.22. The van der Waals surface area contributed by atoms with Crippen molar-refractivity contribution in [3.8, 4) is 0 Å². The summed E-state index contributed by atoms with van der Waals surface area (Å²) in [6.07, 6.45) is 1.86. The molecule has 5 rings (SSSR count). The van der Waals surface area contributed by atoms with Crippen molar-refractivity contribution in [3.63, 3.8) is 0 Å².